The number of unbranched alkanes of at least 4 members (excludes halogenated alkanes) is 1. The van der Waals surface area contributed by atoms with Gasteiger partial charge in [0.15, 0.2) is 6.61 Å². The van der Waals surface area contributed by atoms with Crippen LogP contribution in [0.3, 0.4) is 0 Å². The van der Waals surface area contributed by atoms with Gasteiger partial charge in [0, 0.05) is 17.1 Å². The van der Waals surface area contributed by atoms with E-state index in [9.17, 15) is 9.90 Å². The van der Waals surface area contributed by atoms with E-state index in [2.05, 4.69) is 12.2 Å². The highest BCUT2D eigenvalue weighted by molar-refractivity contribution is 6.30. The highest BCUT2D eigenvalue weighted by Gasteiger charge is 2.11. The van der Waals surface area contributed by atoms with Gasteiger partial charge < -0.3 is 15.2 Å². The normalized spacial score (nSPS) is 12.0. The first-order valence-electron chi connectivity index (χ1n) is 6.41. The number of ether oxygens (including phenoxy) is 1. The van der Waals surface area contributed by atoms with Gasteiger partial charge in [0.05, 0.1) is 6.10 Å². The van der Waals surface area contributed by atoms with Crippen molar-refractivity contribution in [3.05, 3.63) is 28.8 Å². The molecule has 1 aromatic carbocycles. The van der Waals surface area contributed by atoms with Crippen molar-refractivity contribution < 1.29 is 14.6 Å². The minimum absolute atomic E-state index is 0.0644. The third-order valence-electron chi connectivity index (χ3n) is 2.63. The summed E-state index contributed by atoms with van der Waals surface area (Å²) in [4.78, 5) is 11.5. The molecular formula is C14H20ClNO3. The number of aliphatic hydroxyl groups excluding tert-OH is 1. The van der Waals surface area contributed by atoms with Crippen LogP contribution < -0.4 is 10.1 Å². The van der Waals surface area contributed by atoms with Crippen LogP contribution in [-0.4, -0.2) is 24.2 Å². The van der Waals surface area contributed by atoms with Gasteiger partial charge >= 0.3 is 0 Å². The summed E-state index contributed by atoms with van der Waals surface area (Å²) in [6.45, 7) is 4.28. The first-order valence-corrected chi connectivity index (χ1v) is 6.79. The van der Waals surface area contributed by atoms with Crippen molar-refractivity contribution in [3.63, 3.8) is 0 Å². The number of benzene rings is 1. The smallest absolute Gasteiger partial charge is 0.257 e. The maximum atomic E-state index is 11.5. The molecule has 1 amide bonds. The second-order valence-corrected chi connectivity index (χ2v) is 4.79. The van der Waals surface area contributed by atoms with Gasteiger partial charge in [0.25, 0.3) is 5.91 Å². The Kier molecular flexibility index (Phi) is 6.67. The SMILES string of the molecule is CCCCNC(=O)COc1ccc(Cl)cc1C(C)O. The van der Waals surface area contributed by atoms with E-state index in [-0.39, 0.29) is 12.5 Å². The Bertz CT molecular complexity index is 421. The molecule has 19 heavy (non-hydrogen) atoms. The highest BCUT2D eigenvalue weighted by Crippen LogP contribution is 2.28. The molecule has 5 heteroatoms. The molecule has 0 bridgehead atoms. The minimum Gasteiger partial charge on any atom is -0.483 e. The molecule has 106 valence electrons. The zero-order chi connectivity index (χ0) is 14.3. The Hall–Kier alpha value is -1.26. The monoisotopic (exact) mass is 285 g/mol. The molecule has 0 aliphatic rings. The van der Waals surface area contributed by atoms with Crippen molar-refractivity contribution in [1.82, 2.24) is 5.32 Å². The average molecular weight is 286 g/mol. The van der Waals surface area contributed by atoms with Crippen LogP contribution in [-0.2, 0) is 4.79 Å². The Labute approximate surface area is 118 Å². The molecule has 0 fully saturated rings. The van der Waals surface area contributed by atoms with Gasteiger partial charge in [-0.25, -0.2) is 0 Å². The molecule has 4 nitrogen and oxygen atoms in total. The van der Waals surface area contributed by atoms with Gasteiger partial charge in [-0.3, -0.25) is 4.79 Å². The van der Waals surface area contributed by atoms with Gasteiger partial charge in [0.2, 0.25) is 0 Å². The zero-order valence-electron chi connectivity index (χ0n) is 11.3. The van der Waals surface area contributed by atoms with Crippen molar-refractivity contribution in [1.29, 1.82) is 0 Å². The second kappa shape index (κ2) is 8.02. The summed E-state index contributed by atoms with van der Waals surface area (Å²) in [5.41, 5.74) is 0.578. The largest absolute Gasteiger partial charge is 0.483 e. The molecule has 0 aromatic heterocycles. The number of carbonyl (C=O) groups is 1. The number of nitrogens with one attached hydrogen (secondary N) is 1. The number of aliphatic hydroxyl groups is 1. The lowest BCUT2D eigenvalue weighted by molar-refractivity contribution is -0.123. The fraction of sp³-hybridized carbons (Fsp3) is 0.500. The van der Waals surface area contributed by atoms with Crippen LogP contribution in [0, 0.1) is 0 Å². The zero-order valence-corrected chi connectivity index (χ0v) is 12.0. The fourth-order valence-corrected chi connectivity index (χ4v) is 1.76. The summed E-state index contributed by atoms with van der Waals surface area (Å²) in [5.74, 6) is 0.310. The summed E-state index contributed by atoms with van der Waals surface area (Å²) in [7, 11) is 0. The van der Waals surface area contributed by atoms with Crippen molar-refractivity contribution in [2.45, 2.75) is 32.8 Å². The van der Waals surface area contributed by atoms with E-state index in [0.29, 0.717) is 22.9 Å². The molecule has 0 radical (unpaired) electrons. The van der Waals surface area contributed by atoms with Crippen molar-refractivity contribution in [3.8, 4) is 5.75 Å². The summed E-state index contributed by atoms with van der Waals surface area (Å²) >= 11 is 5.86. The topological polar surface area (TPSA) is 58.6 Å². The molecule has 1 rings (SSSR count). The fourth-order valence-electron chi connectivity index (χ4n) is 1.58. The molecule has 1 unspecified atom stereocenters. The lowest BCUT2D eigenvalue weighted by Crippen LogP contribution is -2.29. The van der Waals surface area contributed by atoms with Crippen LogP contribution in [0.1, 0.15) is 38.4 Å². The molecule has 0 heterocycles. The van der Waals surface area contributed by atoms with E-state index in [1.54, 1.807) is 25.1 Å². The van der Waals surface area contributed by atoms with Crippen molar-refractivity contribution in [2.75, 3.05) is 13.2 Å². The molecule has 0 spiro atoms. The number of hydrogen-bond acceptors (Lipinski definition) is 3. The van der Waals surface area contributed by atoms with Crippen LogP contribution in [0.25, 0.3) is 0 Å². The van der Waals surface area contributed by atoms with Gasteiger partial charge in [0.1, 0.15) is 5.75 Å². The number of amides is 1. The van der Waals surface area contributed by atoms with Crippen LogP contribution in [0.5, 0.6) is 5.75 Å². The first-order chi connectivity index (χ1) is 9.04. The number of hydrogen-bond donors (Lipinski definition) is 2. The number of rotatable bonds is 7. The molecule has 0 aliphatic heterocycles. The second-order valence-electron chi connectivity index (χ2n) is 4.35. The summed E-state index contributed by atoms with van der Waals surface area (Å²) in [5, 5.41) is 12.9. The van der Waals surface area contributed by atoms with Gasteiger partial charge in [-0.15, -0.1) is 0 Å². The summed E-state index contributed by atoms with van der Waals surface area (Å²) < 4.78 is 5.42. The van der Waals surface area contributed by atoms with E-state index in [4.69, 9.17) is 16.3 Å². The van der Waals surface area contributed by atoms with E-state index in [1.165, 1.54) is 0 Å². The standard InChI is InChI=1S/C14H20ClNO3/c1-3-4-7-16-14(18)9-19-13-6-5-11(15)8-12(13)10(2)17/h5-6,8,10,17H,3-4,7,9H2,1-2H3,(H,16,18). The third kappa shape index (κ3) is 5.49. The van der Waals surface area contributed by atoms with Gasteiger partial charge in [-0.1, -0.05) is 24.9 Å². The summed E-state index contributed by atoms with van der Waals surface area (Å²) in [6, 6.07) is 4.96. The number of carbonyl (C=O) groups excluding carboxylic acids is 1. The predicted octanol–water partition coefficient (Wildman–Crippen LogP) is 2.69. The molecular weight excluding hydrogens is 266 g/mol. The molecule has 1 atom stereocenters. The lowest BCUT2D eigenvalue weighted by atomic mass is 10.1. The van der Waals surface area contributed by atoms with Gasteiger partial charge in [-0.05, 0) is 31.5 Å². The van der Waals surface area contributed by atoms with Crippen LogP contribution in [0.4, 0.5) is 0 Å². The Morgan fingerprint density at radius 3 is 2.89 bits per heavy atom. The summed E-state index contributed by atoms with van der Waals surface area (Å²) in [6.07, 6.45) is 1.28. The first kappa shape index (κ1) is 15.8. The third-order valence-corrected chi connectivity index (χ3v) is 2.87. The molecule has 0 saturated carbocycles. The average Bonchev–Trinajstić information content (AvgIpc) is 2.37. The van der Waals surface area contributed by atoms with Crippen LogP contribution >= 0.6 is 11.6 Å². The highest BCUT2D eigenvalue weighted by atomic mass is 35.5. The number of halogens is 1. The van der Waals surface area contributed by atoms with Gasteiger partial charge in [-0.2, -0.15) is 0 Å². The van der Waals surface area contributed by atoms with Crippen molar-refractivity contribution in [2.24, 2.45) is 0 Å². The van der Waals surface area contributed by atoms with Crippen molar-refractivity contribution >= 4 is 17.5 Å². The Morgan fingerprint density at radius 2 is 2.26 bits per heavy atom. The van der Waals surface area contributed by atoms with E-state index >= 15 is 0 Å². The maximum absolute atomic E-state index is 11.5. The maximum Gasteiger partial charge on any atom is 0.257 e. The van der Waals surface area contributed by atoms with E-state index < -0.39 is 6.10 Å². The van der Waals surface area contributed by atoms with Crippen LogP contribution in [0.2, 0.25) is 5.02 Å². The Morgan fingerprint density at radius 1 is 1.53 bits per heavy atom. The molecule has 0 saturated heterocycles. The van der Waals surface area contributed by atoms with E-state index in [1.807, 2.05) is 0 Å². The van der Waals surface area contributed by atoms with E-state index in [0.717, 1.165) is 12.8 Å². The molecule has 2 N–H and O–H groups in total. The molecule has 0 aliphatic carbocycles. The predicted molar refractivity (Wildman–Crippen MR) is 75.5 cm³/mol. The minimum atomic E-state index is -0.697. The Balaban J connectivity index is 2.55. The molecule has 1 aromatic rings. The lowest BCUT2D eigenvalue weighted by Gasteiger charge is -2.13. The quantitative estimate of drug-likeness (QED) is 0.757. The van der Waals surface area contributed by atoms with Crippen LogP contribution in [0.15, 0.2) is 18.2 Å².